The van der Waals surface area contributed by atoms with E-state index in [1.165, 1.54) is 6.33 Å². The summed E-state index contributed by atoms with van der Waals surface area (Å²) >= 11 is 0. The highest BCUT2D eigenvalue weighted by molar-refractivity contribution is 5.46. The summed E-state index contributed by atoms with van der Waals surface area (Å²) in [7, 11) is 1.64. The molecule has 0 fully saturated rings. The van der Waals surface area contributed by atoms with Gasteiger partial charge in [0.2, 0.25) is 5.88 Å². The van der Waals surface area contributed by atoms with Crippen molar-refractivity contribution in [1.82, 2.24) is 9.97 Å². The Morgan fingerprint density at radius 1 is 1.21 bits per heavy atom. The molecule has 3 N–H and O–H groups in total. The molecule has 0 bridgehead atoms. The maximum absolute atomic E-state index is 5.65. The first-order chi connectivity index (χ1) is 9.24. The first kappa shape index (κ1) is 13.1. The molecule has 0 unspecified atom stereocenters. The summed E-state index contributed by atoms with van der Waals surface area (Å²) in [5.74, 6) is 7.23. The summed E-state index contributed by atoms with van der Waals surface area (Å²) in [6.07, 6.45) is 1.41. The Labute approximate surface area is 111 Å². The molecule has 100 valence electrons. The quantitative estimate of drug-likeness (QED) is 0.628. The zero-order valence-corrected chi connectivity index (χ0v) is 10.9. The van der Waals surface area contributed by atoms with Gasteiger partial charge in [0.15, 0.2) is 0 Å². The molecule has 6 nitrogen and oxygen atoms in total. The number of nitrogens with two attached hydrogens (primary N) is 1. The SMILES string of the molecule is COc1ccc(COc2ncnc(NN)c2C)cc1. The predicted octanol–water partition coefficient (Wildman–Crippen LogP) is 1.66. The number of benzene rings is 1. The van der Waals surface area contributed by atoms with E-state index in [0.717, 1.165) is 16.9 Å². The Morgan fingerprint density at radius 3 is 2.58 bits per heavy atom. The van der Waals surface area contributed by atoms with Gasteiger partial charge in [-0.25, -0.2) is 15.8 Å². The van der Waals surface area contributed by atoms with E-state index in [1.807, 2.05) is 31.2 Å². The molecular weight excluding hydrogens is 244 g/mol. The van der Waals surface area contributed by atoms with Gasteiger partial charge in [-0.15, -0.1) is 0 Å². The topological polar surface area (TPSA) is 82.3 Å². The van der Waals surface area contributed by atoms with Crippen molar-refractivity contribution < 1.29 is 9.47 Å². The molecule has 0 radical (unpaired) electrons. The molecule has 19 heavy (non-hydrogen) atoms. The number of anilines is 1. The maximum Gasteiger partial charge on any atom is 0.221 e. The summed E-state index contributed by atoms with van der Waals surface area (Å²) in [5.41, 5.74) is 4.31. The van der Waals surface area contributed by atoms with Crippen LogP contribution in [0, 0.1) is 6.92 Å². The number of hydrogen-bond acceptors (Lipinski definition) is 6. The lowest BCUT2D eigenvalue weighted by molar-refractivity contribution is 0.291. The molecule has 0 aliphatic rings. The number of hydrogen-bond donors (Lipinski definition) is 2. The zero-order chi connectivity index (χ0) is 13.7. The fourth-order valence-electron chi connectivity index (χ4n) is 1.60. The van der Waals surface area contributed by atoms with Crippen LogP contribution < -0.4 is 20.7 Å². The van der Waals surface area contributed by atoms with Crippen LogP contribution in [0.1, 0.15) is 11.1 Å². The number of nitrogens with one attached hydrogen (secondary N) is 1. The highest BCUT2D eigenvalue weighted by Crippen LogP contribution is 2.20. The Balaban J connectivity index is 2.05. The van der Waals surface area contributed by atoms with E-state index < -0.39 is 0 Å². The molecule has 2 rings (SSSR count). The van der Waals surface area contributed by atoms with Gasteiger partial charge in [0.1, 0.15) is 24.5 Å². The first-order valence-electron chi connectivity index (χ1n) is 5.78. The summed E-state index contributed by atoms with van der Waals surface area (Å²) in [4.78, 5) is 8.07. The fourth-order valence-corrected chi connectivity index (χ4v) is 1.60. The summed E-state index contributed by atoms with van der Waals surface area (Å²) in [6, 6.07) is 7.66. The van der Waals surface area contributed by atoms with Crippen molar-refractivity contribution in [3.05, 3.63) is 41.7 Å². The van der Waals surface area contributed by atoms with Crippen molar-refractivity contribution in [3.63, 3.8) is 0 Å². The highest BCUT2D eigenvalue weighted by Gasteiger charge is 2.07. The third-order valence-electron chi connectivity index (χ3n) is 2.71. The van der Waals surface area contributed by atoms with Gasteiger partial charge < -0.3 is 14.9 Å². The standard InChI is InChI=1S/C13H16N4O2/c1-9-12(17-14)15-8-16-13(9)19-7-10-3-5-11(18-2)6-4-10/h3-6,8H,7,14H2,1-2H3,(H,15,16,17). The molecule has 1 aromatic heterocycles. The molecular formula is C13H16N4O2. The number of nitrogens with zero attached hydrogens (tertiary/aromatic N) is 2. The molecule has 0 aliphatic carbocycles. The Morgan fingerprint density at radius 2 is 1.95 bits per heavy atom. The predicted molar refractivity (Wildman–Crippen MR) is 71.9 cm³/mol. The van der Waals surface area contributed by atoms with E-state index in [-0.39, 0.29) is 0 Å². The molecule has 1 aromatic carbocycles. The third-order valence-corrected chi connectivity index (χ3v) is 2.71. The minimum atomic E-state index is 0.422. The monoisotopic (exact) mass is 260 g/mol. The number of hydrazine groups is 1. The number of rotatable bonds is 5. The molecule has 0 amide bonds. The molecule has 1 heterocycles. The van der Waals surface area contributed by atoms with E-state index in [9.17, 15) is 0 Å². The Hall–Kier alpha value is -2.34. The van der Waals surface area contributed by atoms with Gasteiger partial charge in [0.05, 0.1) is 12.7 Å². The first-order valence-corrected chi connectivity index (χ1v) is 5.78. The van der Waals surface area contributed by atoms with Crippen LogP contribution in [0.5, 0.6) is 11.6 Å². The van der Waals surface area contributed by atoms with Crippen LogP contribution >= 0.6 is 0 Å². The normalized spacial score (nSPS) is 10.1. The van der Waals surface area contributed by atoms with Crippen molar-refractivity contribution in [1.29, 1.82) is 0 Å². The molecule has 2 aromatic rings. The summed E-state index contributed by atoms with van der Waals surface area (Å²) < 4.78 is 10.7. The highest BCUT2D eigenvalue weighted by atomic mass is 16.5. The smallest absolute Gasteiger partial charge is 0.221 e. The average molecular weight is 260 g/mol. The molecule has 6 heteroatoms. The number of nitrogen functional groups attached to an aromatic ring is 1. The van der Waals surface area contributed by atoms with E-state index >= 15 is 0 Å². The van der Waals surface area contributed by atoms with Crippen LogP contribution in [-0.4, -0.2) is 17.1 Å². The molecule has 0 aliphatic heterocycles. The lowest BCUT2D eigenvalue weighted by Crippen LogP contribution is -2.11. The number of aromatic nitrogens is 2. The van der Waals surface area contributed by atoms with Crippen molar-refractivity contribution in [2.24, 2.45) is 5.84 Å². The van der Waals surface area contributed by atoms with Gasteiger partial charge in [0.25, 0.3) is 0 Å². The minimum absolute atomic E-state index is 0.422. The van der Waals surface area contributed by atoms with E-state index in [0.29, 0.717) is 18.3 Å². The summed E-state index contributed by atoms with van der Waals surface area (Å²) in [6.45, 7) is 2.27. The second kappa shape index (κ2) is 6.01. The lowest BCUT2D eigenvalue weighted by Gasteiger charge is -2.10. The van der Waals surface area contributed by atoms with Crippen molar-refractivity contribution in [2.75, 3.05) is 12.5 Å². The van der Waals surface area contributed by atoms with Crippen LogP contribution in [-0.2, 0) is 6.61 Å². The molecule has 0 saturated carbocycles. The second-order valence-electron chi connectivity index (χ2n) is 3.93. The third kappa shape index (κ3) is 3.11. The molecule has 0 saturated heterocycles. The number of methoxy groups -OCH3 is 1. The van der Waals surface area contributed by atoms with Gasteiger partial charge in [-0.1, -0.05) is 12.1 Å². The van der Waals surface area contributed by atoms with Crippen molar-refractivity contribution >= 4 is 5.82 Å². The van der Waals surface area contributed by atoms with Crippen LogP contribution in [0.2, 0.25) is 0 Å². The van der Waals surface area contributed by atoms with Crippen LogP contribution in [0.25, 0.3) is 0 Å². The van der Waals surface area contributed by atoms with Gasteiger partial charge in [-0.2, -0.15) is 0 Å². The van der Waals surface area contributed by atoms with E-state index in [2.05, 4.69) is 15.4 Å². The Bertz CT molecular complexity index is 543. The van der Waals surface area contributed by atoms with Gasteiger partial charge in [0, 0.05) is 0 Å². The van der Waals surface area contributed by atoms with Crippen LogP contribution in [0.3, 0.4) is 0 Å². The summed E-state index contributed by atoms with van der Waals surface area (Å²) in [5, 5.41) is 0. The van der Waals surface area contributed by atoms with Crippen molar-refractivity contribution in [2.45, 2.75) is 13.5 Å². The van der Waals surface area contributed by atoms with Crippen molar-refractivity contribution in [3.8, 4) is 11.6 Å². The molecule has 0 spiro atoms. The largest absolute Gasteiger partial charge is 0.497 e. The maximum atomic E-state index is 5.65. The molecule has 0 atom stereocenters. The van der Waals surface area contributed by atoms with E-state index in [4.69, 9.17) is 15.3 Å². The van der Waals surface area contributed by atoms with Gasteiger partial charge >= 0.3 is 0 Å². The van der Waals surface area contributed by atoms with E-state index in [1.54, 1.807) is 7.11 Å². The minimum Gasteiger partial charge on any atom is -0.497 e. The van der Waals surface area contributed by atoms with Crippen LogP contribution in [0.4, 0.5) is 5.82 Å². The average Bonchev–Trinajstić information content (AvgIpc) is 2.47. The van der Waals surface area contributed by atoms with Crippen LogP contribution in [0.15, 0.2) is 30.6 Å². The second-order valence-corrected chi connectivity index (χ2v) is 3.93. The lowest BCUT2D eigenvalue weighted by atomic mass is 10.2. The van der Waals surface area contributed by atoms with Gasteiger partial charge in [-0.3, -0.25) is 0 Å². The fraction of sp³-hybridized carbons (Fsp3) is 0.231. The van der Waals surface area contributed by atoms with Gasteiger partial charge in [-0.05, 0) is 24.6 Å². The Kier molecular flexibility index (Phi) is 4.15. The zero-order valence-electron chi connectivity index (χ0n) is 10.9. The number of ether oxygens (including phenoxy) is 2.